The highest BCUT2D eigenvalue weighted by Gasteiger charge is 2.40. The molecule has 208 valence electrons. The number of phosphoric ester groups is 1. The third-order valence-corrected chi connectivity index (χ3v) is 8.89. The number of hydrogen-bond donors (Lipinski definition) is 1. The van der Waals surface area contributed by atoms with E-state index in [1.165, 1.54) is 0 Å². The minimum Gasteiger partial charge on any atom is -0.460 e. The van der Waals surface area contributed by atoms with Crippen molar-refractivity contribution in [2.45, 2.75) is 85.3 Å². The Hall–Kier alpha value is -3.04. The van der Waals surface area contributed by atoms with Crippen LogP contribution >= 0.6 is 7.82 Å². The van der Waals surface area contributed by atoms with Crippen molar-refractivity contribution in [1.82, 2.24) is 9.55 Å². The molecule has 0 saturated heterocycles. The van der Waals surface area contributed by atoms with E-state index in [9.17, 15) is 19.3 Å². The molecule has 39 heavy (non-hydrogen) atoms. The number of rotatable bonds is 7. The second-order valence-electron chi connectivity index (χ2n) is 10.6. The molecule has 0 unspecified atom stereocenters. The van der Waals surface area contributed by atoms with E-state index in [1.54, 1.807) is 63.5 Å². The van der Waals surface area contributed by atoms with Gasteiger partial charge in [0.25, 0.3) is 5.56 Å². The van der Waals surface area contributed by atoms with Gasteiger partial charge in [0.1, 0.15) is 18.0 Å². The van der Waals surface area contributed by atoms with Crippen molar-refractivity contribution in [3.63, 3.8) is 0 Å². The zero-order valence-electron chi connectivity index (χ0n) is 22.9. The number of nitrogens with zero attached hydrogens (tertiary/aromatic N) is 2. The van der Waals surface area contributed by atoms with Crippen molar-refractivity contribution in [2.75, 3.05) is 0 Å². The van der Waals surface area contributed by atoms with E-state index in [0.717, 1.165) is 16.5 Å². The molecule has 0 fully saturated rings. The molecule has 2 aliphatic heterocycles. The Balaban J connectivity index is 1.60. The van der Waals surface area contributed by atoms with Crippen LogP contribution < -0.4 is 10.1 Å². The van der Waals surface area contributed by atoms with Crippen LogP contribution in [0.25, 0.3) is 22.3 Å². The second-order valence-corrected chi connectivity index (χ2v) is 12.1. The molecule has 0 aliphatic carbocycles. The zero-order valence-corrected chi connectivity index (χ0v) is 23.8. The first kappa shape index (κ1) is 27.5. The summed E-state index contributed by atoms with van der Waals surface area (Å²) in [6, 6.07) is 6.92. The third-order valence-electron chi connectivity index (χ3n) is 7.10. The fourth-order valence-corrected chi connectivity index (χ4v) is 6.77. The molecule has 0 saturated carbocycles. The van der Waals surface area contributed by atoms with E-state index in [4.69, 9.17) is 23.3 Å². The smallest absolute Gasteiger partial charge is 0.460 e. The van der Waals surface area contributed by atoms with E-state index in [-0.39, 0.29) is 49.3 Å². The third kappa shape index (κ3) is 4.91. The predicted octanol–water partition coefficient (Wildman–Crippen LogP) is 5.12. The molecule has 2 aliphatic rings. The molecule has 1 atom stereocenters. The van der Waals surface area contributed by atoms with E-state index in [2.05, 4.69) is 0 Å². The summed E-state index contributed by atoms with van der Waals surface area (Å²) in [4.78, 5) is 30.6. The van der Waals surface area contributed by atoms with Crippen LogP contribution in [0.15, 0.2) is 29.1 Å². The molecule has 10 nitrogen and oxygen atoms in total. The Bertz CT molecular complexity index is 1580. The van der Waals surface area contributed by atoms with Crippen LogP contribution in [0, 0.1) is 6.92 Å². The maximum absolute atomic E-state index is 13.6. The van der Waals surface area contributed by atoms with Crippen molar-refractivity contribution < 1.29 is 32.8 Å². The number of carbonyl (C=O) groups excluding carboxylic acids is 1. The SMILES string of the molecule is CC[C@@]1(O)CC(=O)OCc2c1cc1n(c2=O)Cc2c-1nc1ccc(OP(=O)(OC(C)C)OC(C)C)cc1c2C. The van der Waals surface area contributed by atoms with Crippen molar-refractivity contribution in [3.8, 4) is 17.1 Å². The van der Waals surface area contributed by atoms with Crippen molar-refractivity contribution >= 4 is 24.7 Å². The predicted molar refractivity (Wildman–Crippen MR) is 145 cm³/mol. The largest absolute Gasteiger partial charge is 0.530 e. The molecule has 3 aromatic rings. The highest BCUT2D eigenvalue weighted by atomic mass is 31.2. The first-order valence-corrected chi connectivity index (χ1v) is 14.6. The van der Waals surface area contributed by atoms with Gasteiger partial charge >= 0.3 is 13.8 Å². The van der Waals surface area contributed by atoms with Gasteiger partial charge in [0.2, 0.25) is 0 Å². The number of aromatic nitrogens is 2. The molecule has 0 amide bonds. The Morgan fingerprint density at radius 1 is 1.13 bits per heavy atom. The van der Waals surface area contributed by atoms with Crippen LogP contribution in [-0.2, 0) is 41.9 Å². The van der Waals surface area contributed by atoms with Crippen LogP contribution in [0.3, 0.4) is 0 Å². The number of fused-ring (bicyclic) bond motifs is 5. The van der Waals surface area contributed by atoms with E-state index in [0.29, 0.717) is 28.2 Å². The maximum atomic E-state index is 13.6. The number of pyridine rings is 2. The number of carbonyl (C=O) groups is 1. The van der Waals surface area contributed by atoms with Crippen molar-refractivity contribution in [2.24, 2.45) is 0 Å². The molecule has 0 bridgehead atoms. The fraction of sp³-hybridized carbons (Fsp3) is 0.464. The van der Waals surface area contributed by atoms with E-state index >= 15 is 0 Å². The number of benzene rings is 1. The lowest BCUT2D eigenvalue weighted by atomic mass is 9.85. The van der Waals surface area contributed by atoms with Crippen molar-refractivity contribution in [3.05, 3.63) is 56.9 Å². The number of phosphoric acid groups is 1. The Labute approximate surface area is 226 Å². The summed E-state index contributed by atoms with van der Waals surface area (Å²) < 4.78 is 36.9. The summed E-state index contributed by atoms with van der Waals surface area (Å²) in [5, 5.41) is 12.1. The number of hydrogen-bond acceptors (Lipinski definition) is 9. The molecular formula is C28H33N2O8P. The average Bonchev–Trinajstić information content (AvgIpc) is 3.15. The maximum Gasteiger partial charge on any atom is 0.530 e. The molecular weight excluding hydrogens is 523 g/mol. The van der Waals surface area contributed by atoms with Gasteiger partial charge in [-0.2, -0.15) is 0 Å². The lowest BCUT2D eigenvalue weighted by Gasteiger charge is -2.26. The molecule has 2 aromatic heterocycles. The molecule has 0 radical (unpaired) electrons. The van der Waals surface area contributed by atoms with Gasteiger partial charge in [-0.1, -0.05) is 6.92 Å². The summed E-state index contributed by atoms with van der Waals surface area (Å²) >= 11 is 0. The average molecular weight is 557 g/mol. The van der Waals surface area contributed by atoms with Gasteiger partial charge in [-0.15, -0.1) is 0 Å². The number of esters is 1. The van der Waals surface area contributed by atoms with E-state index in [1.807, 2.05) is 6.92 Å². The van der Waals surface area contributed by atoms with Gasteiger partial charge in [-0.05, 0) is 76.4 Å². The summed E-state index contributed by atoms with van der Waals surface area (Å²) in [5.74, 6) is -0.230. The number of aryl methyl sites for hydroxylation is 1. The highest BCUT2D eigenvalue weighted by molar-refractivity contribution is 7.49. The summed E-state index contributed by atoms with van der Waals surface area (Å²) in [7, 11) is -3.88. The topological polar surface area (TPSA) is 126 Å². The summed E-state index contributed by atoms with van der Waals surface area (Å²) in [6.45, 7) is 10.8. The summed E-state index contributed by atoms with van der Waals surface area (Å²) in [6.07, 6.45) is -0.711. The minimum absolute atomic E-state index is 0.183. The van der Waals surface area contributed by atoms with Gasteiger partial charge in [-0.25, -0.2) is 9.55 Å². The first-order valence-electron chi connectivity index (χ1n) is 13.1. The van der Waals surface area contributed by atoms with Crippen LogP contribution in [0.5, 0.6) is 5.75 Å². The minimum atomic E-state index is -3.88. The standard InChI is InChI=1S/C28H33N2O8P/c1-7-28(33)12-25(31)35-14-21-22(28)11-24-26-20(13-30(24)27(21)32)17(6)19-10-18(8-9-23(19)29-26)38-39(34,36-15(2)3)37-16(4)5/h8-11,15-16,33H,7,12-14H2,1-6H3/t28-/m1/s1. The molecule has 5 rings (SSSR count). The molecule has 1 N–H and O–H groups in total. The van der Waals surface area contributed by atoms with Gasteiger partial charge in [0.05, 0.1) is 47.6 Å². The molecule has 11 heteroatoms. The van der Waals surface area contributed by atoms with Crippen LogP contribution in [0.2, 0.25) is 0 Å². The summed E-state index contributed by atoms with van der Waals surface area (Å²) in [5.41, 5.74) is 2.51. The van der Waals surface area contributed by atoms with Crippen LogP contribution in [0.1, 0.15) is 69.7 Å². The second kappa shape index (κ2) is 9.86. The monoisotopic (exact) mass is 556 g/mol. The zero-order chi connectivity index (χ0) is 28.3. The molecule has 4 heterocycles. The fourth-order valence-electron chi connectivity index (χ4n) is 5.22. The lowest BCUT2D eigenvalue weighted by Crippen LogP contribution is -2.32. The van der Waals surface area contributed by atoms with Gasteiger partial charge in [0, 0.05) is 10.9 Å². The molecule has 0 spiro atoms. The quantitative estimate of drug-likeness (QED) is 0.244. The molecule has 1 aromatic carbocycles. The van der Waals surface area contributed by atoms with Crippen molar-refractivity contribution in [1.29, 1.82) is 0 Å². The normalized spacial score (nSPS) is 18.6. The van der Waals surface area contributed by atoms with Gasteiger partial charge in [0.15, 0.2) is 0 Å². The Morgan fingerprint density at radius 2 is 1.82 bits per heavy atom. The number of cyclic esters (lactones) is 1. The van der Waals surface area contributed by atoms with Gasteiger partial charge < -0.3 is 18.9 Å². The highest BCUT2D eigenvalue weighted by Crippen LogP contribution is 2.52. The Kier molecular flexibility index (Phi) is 6.96. The van der Waals surface area contributed by atoms with Gasteiger partial charge in [-0.3, -0.25) is 18.6 Å². The number of aliphatic hydroxyl groups is 1. The van der Waals surface area contributed by atoms with E-state index < -0.39 is 19.4 Å². The lowest BCUT2D eigenvalue weighted by molar-refractivity contribution is -0.149. The first-order chi connectivity index (χ1) is 18.3. The Morgan fingerprint density at radius 3 is 2.46 bits per heavy atom. The van der Waals surface area contributed by atoms with Crippen LogP contribution in [-0.4, -0.2) is 32.8 Å². The number of ether oxygens (including phenoxy) is 1. The van der Waals surface area contributed by atoms with Crippen LogP contribution in [0.4, 0.5) is 0 Å².